The summed E-state index contributed by atoms with van der Waals surface area (Å²) in [5.41, 5.74) is 16.9. The third kappa shape index (κ3) is 7.16. The van der Waals surface area contributed by atoms with Crippen LogP contribution >= 0.6 is 0 Å². The van der Waals surface area contributed by atoms with Gasteiger partial charge in [-0.3, -0.25) is 9.59 Å². The third-order valence-electron chi connectivity index (χ3n) is 13.0. The Kier molecular flexibility index (Phi) is 10.5. The number of likely N-dealkylation sites (tertiary alicyclic amines) is 2. The van der Waals surface area contributed by atoms with Crippen molar-refractivity contribution < 1.29 is 27.2 Å². The van der Waals surface area contributed by atoms with Gasteiger partial charge < -0.3 is 31.2 Å². The monoisotopic (exact) mass is 748 g/mol. The lowest BCUT2D eigenvalue weighted by molar-refractivity contribution is -0.135. The minimum atomic E-state index is -1.21. The summed E-state index contributed by atoms with van der Waals surface area (Å²) in [6.07, 6.45) is 8.27. The molecule has 2 amide bonds. The number of nitrogens with one attached hydrogen (secondary N) is 2. The molecule has 0 spiro atoms. The van der Waals surface area contributed by atoms with Crippen LogP contribution in [-0.4, -0.2) is 81.2 Å². The molecule has 0 unspecified atom stereocenters. The summed E-state index contributed by atoms with van der Waals surface area (Å²) in [6, 6.07) is 6.52. The molecule has 8 nitrogen and oxygen atoms in total. The summed E-state index contributed by atoms with van der Waals surface area (Å²) in [7, 11) is 0. The molecule has 2 saturated heterocycles. The van der Waals surface area contributed by atoms with Crippen molar-refractivity contribution in [1.29, 1.82) is 0 Å². The summed E-state index contributed by atoms with van der Waals surface area (Å²) in [5, 5.41) is 1.43. The second-order valence-electron chi connectivity index (χ2n) is 16.5. The lowest BCUT2D eigenvalue weighted by atomic mass is 9.83. The number of benzene rings is 2. The summed E-state index contributed by atoms with van der Waals surface area (Å²) >= 11 is 0. The molecule has 54 heavy (non-hydrogen) atoms. The molecule has 8 rings (SSSR count). The Labute approximate surface area is 313 Å². The van der Waals surface area contributed by atoms with Crippen LogP contribution in [0.3, 0.4) is 0 Å². The van der Waals surface area contributed by atoms with E-state index in [-0.39, 0.29) is 62.4 Å². The number of carbonyl (C=O) groups excluding carboxylic acids is 2. The van der Waals surface area contributed by atoms with Gasteiger partial charge in [0.25, 0.3) is 0 Å². The Morgan fingerprint density at radius 3 is 1.43 bits per heavy atom. The predicted molar refractivity (Wildman–Crippen MR) is 202 cm³/mol. The summed E-state index contributed by atoms with van der Waals surface area (Å²) in [5.74, 6) is -1.23. The van der Waals surface area contributed by atoms with Crippen molar-refractivity contribution in [3.63, 3.8) is 0 Å². The fraction of sp³-hybridized carbons (Fsp3) is 0.571. The molecule has 0 radical (unpaired) electrons. The van der Waals surface area contributed by atoms with Crippen molar-refractivity contribution in [2.45, 2.75) is 126 Å². The number of aromatic nitrogens is 2. The van der Waals surface area contributed by atoms with Crippen molar-refractivity contribution in [3.05, 3.63) is 59.2 Å². The number of hydrogen-bond donors (Lipinski definition) is 4. The molecule has 6 N–H and O–H groups in total. The average molecular weight is 749 g/mol. The normalized spacial score (nSPS) is 25.6. The van der Waals surface area contributed by atoms with E-state index in [1.54, 1.807) is 21.9 Å². The van der Waals surface area contributed by atoms with Crippen LogP contribution in [0.25, 0.3) is 33.2 Å². The van der Waals surface area contributed by atoms with Crippen molar-refractivity contribution >= 4 is 33.6 Å². The largest absolute Gasteiger partial charge is 0.353 e. The Balaban J connectivity index is 1.17. The molecule has 4 aromatic rings. The highest BCUT2D eigenvalue weighted by atomic mass is 19.1. The van der Waals surface area contributed by atoms with Crippen LogP contribution in [0.4, 0.5) is 17.6 Å². The van der Waals surface area contributed by atoms with Crippen LogP contribution in [0.1, 0.15) is 88.2 Å². The first-order valence-electron chi connectivity index (χ1n) is 20.1. The van der Waals surface area contributed by atoms with Gasteiger partial charge in [0, 0.05) is 46.7 Å². The molecule has 2 saturated carbocycles. The third-order valence-corrected chi connectivity index (χ3v) is 13.0. The van der Waals surface area contributed by atoms with Crippen LogP contribution in [0.2, 0.25) is 0 Å². The van der Waals surface area contributed by atoms with Gasteiger partial charge in [0.15, 0.2) is 0 Å². The van der Waals surface area contributed by atoms with Gasteiger partial charge in [0.2, 0.25) is 11.8 Å². The highest BCUT2D eigenvalue weighted by Gasteiger charge is 2.42. The number of amides is 2. The number of H-pyrrole nitrogens is 2. The number of halogens is 4. The standard InChI is InChI=1S/C42H52F4N6O2/c43-25-11-13-31-33(19-29-15-27(45)21-51(29)41(53)37(47)23-7-3-1-4-8-23)39(49-35(31)17-25)40-34(32-14-12-26(44)18-36(32)50-40)20-30-16-28(46)22-52(30)42(54)38(48)24-9-5-2-6-10-24/h11-14,17-18,23-24,27-30,37-38,49-50H,1-10,15-16,19-22,47-48H2/t27-,28-,29-,30-,37-,38-/m0/s1. The Morgan fingerprint density at radius 1 is 0.648 bits per heavy atom. The number of fused-ring (bicyclic) bond motifs is 2. The predicted octanol–water partition coefficient (Wildman–Crippen LogP) is 7.37. The van der Waals surface area contributed by atoms with Gasteiger partial charge in [-0.15, -0.1) is 0 Å². The molecule has 4 fully saturated rings. The van der Waals surface area contributed by atoms with Crippen LogP contribution in [-0.2, 0) is 22.4 Å². The summed E-state index contributed by atoms with van der Waals surface area (Å²) in [4.78, 5) is 37.9. The van der Waals surface area contributed by atoms with E-state index in [2.05, 4.69) is 9.97 Å². The number of nitrogens with zero attached hydrogens (tertiary/aromatic N) is 2. The zero-order valence-electron chi connectivity index (χ0n) is 30.8. The first kappa shape index (κ1) is 37.0. The molecule has 2 aromatic heterocycles. The van der Waals surface area contributed by atoms with Gasteiger partial charge in [-0.05, 0) is 97.9 Å². The van der Waals surface area contributed by atoms with Crippen LogP contribution in [0, 0.1) is 23.5 Å². The van der Waals surface area contributed by atoms with Crippen molar-refractivity contribution in [3.8, 4) is 11.4 Å². The lowest BCUT2D eigenvalue weighted by Gasteiger charge is -2.32. The maximum absolute atomic E-state index is 15.3. The van der Waals surface area contributed by atoms with Crippen molar-refractivity contribution in [2.24, 2.45) is 23.3 Å². The van der Waals surface area contributed by atoms with E-state index in [1.165, 1.54) is 24.3 Å². The number of alkyl halides is 2. The Morgan fingerprint density at radius 2 is 1.04 bits per heavy atom. The van der Waals surface area contributed by atoms with Crippen molar-refractivity contribution in [1.82, 2.24) is 19.8 Å². The van der Waals surface area contributed by atoms with E-state index in [4.69, 9.17) is 11.5 Å². The molecule has 2 aliphatic carbocycles. The van der Waals surface area contributed by atoms with Gasteiger partial charge >= 0.3 is 0 Å². The fourth-order valence-electron chi connectivity index (χ4n) is 10.2. The van der Waals surface area contributed by atoms with Crippen LogP contribution < -0.4 is 11.5 Å². The second-order valence-corrected chi connectivity index (χ2v) is 16.5. The molecular formula is C42H52F4N6O2. The van der Waals surface area contributed by atoms with E-state index in [9.17, 15) is 18.4 Å². The van der Waals surface area contributed by atoms with Gasteiger partial charge in [-0.1, -0.05) is 38.5 Å². The first-order chi connectivity index (χ1) is 26.0. The molecule has 4 heterocycles. The maximum atomic E-state index is 15.3. The topological polar surface area (TPSA) is 124 Å². The quantitative estimate of drug-likeness (QED) is 0.134. The van der Waals surface area contributed by atoms with Crippen LogP contribution in [0.15, 0.2) is 36.4 Å². The maximum Gasteiger partial charge on any atom is 0.240 e. The number of hydrogen-bond acceptors (Lipinski definition) is 4. The summed E-state index contributed by atoms with van der Waals surface area (Å²) < 4.78 is 60.0. The minimum absolute atomic E-state index is 0.0356. The number of rotatable bonds is 9. The number of aromatic amines is 2. The van der Waals surface area contributed by atoms with E-state index >= 15 is 8.78 Å². The smallest absolute Gasteiger partial charge is 0.240 e. The molecular weight excluding hydrogens is 696 g/mol. The number of nitrogens with two attached hydrogens (primary N) is 2. The van der Waals surface area contributed by atoms with E-state index < -0.39 is 48.1 Å². The molecule has 290 valence electrons. The molecule has 6 atom stereocenters. The zero-order chi connectivity index (χ0) is 37.7. The lowest BCUT2D eigenvalue weighted by Crippen LogP contribution is -2.50. The van der Waals surface area contributed by atoms with Gasteiger partial charge in [-0.25, -0.2) is 17.6 Å². The first-order valence-corrected chi connectivity index (χ1v) is 20.1. The highest BCUT2D eigenvalue weighted by Crippen LogP contribution is 2.41. The summed E-state index contributed by atoms with van der Waals surface area (Å²) in [6.45, 7) is -0.0713. The van der Waals surface area contributed by atoms with Crippen LogP contribution in [0.5, 0.6) is 0 Å². The fourth-order valence-corrected chi connectivity index (χ4v) is 10.2. The van der Waals surface area contributed by atoms with Gasteiger partial charge in [-0.2, -0.15) is 0 Å². The molecule has 2 aromatic carbocycles. The molecule has 0 bridgehead atoms. The second kappa shape index (κ2) is 15.3. The van der Waals surface area contributed by atoms with E-state index in [0.717, 1.165) is 75.3 Å². The number of carbonyl (C=O) groups is 2. The molecule has 12 heteroatoms. The van der Waals surface area contributed by atoms with Crippen molar-refractivity contribution in [2.75, 3.05) is 13.1 Å². The highest BCUT2D eigenvalue weighted by molar-refractivity contribution is 5.96. The van der Waals surface area contributed by atoms with Gasteiger partial charge in [0.05, 0.1) is 36.6 Å². The van der Waals surface area contributed by atoms with Gasteiger partial charge in [0.1, 0.15) is 24.0 Å². The SMILES string of the molecule is N[C@H](C(=O)N1C[C@@H](F)C[C@H]1Cc1c(-c2[nH]c3cc(F)ccc3c2C[C@@H]2C[C@H](F)CN2C(=O)[C@@H](N)C2CCCCC2)[nH]c2cc(F)ccc12)C1CCCCC1. The van der Waals surface area contributed by atoms with E-state index in [0.29, 0.717) is 33.2 Å². The Bertz CT molecular complexity index is 1860. The minimum Gasteiger partial charge on any atom is -0.353 e. The molecule has 2 aliphatic heterocycles. The average Bonchev–Trinajstić information content (AvgIpc) is 3.93. The molecule has 4 aliphatic rings. The van der Waals surface area contributed by atoms with E-state index in [1.807, 2.05) is 0 Å². The Hall–Kier alpha value is -3.90. The zero-order valence-corrected chi connectivity index (χ0v) is 30.8.